The summed E-state index contributed by atoms with van der Waals surface area (Å²) in [5.74, 6) is 0.989. The summed E-state index contributed by atoms with van der Waals surface area (Å²) in [6, 6.07) is 10.5. The van der Waals surface area contributed by atoms with Crippen LogP contribution in [0.25, 0.3) is 0 Å². The molecule has 1 aromatic carbocycles. The number of hydrogen-bond donors (Lipinski definition) is 1. The number of pyridine rings is 1. The molecule has 1 aromatic heterocycles. The summed E-state index contributed by atoms with van der Waals surface area (Å²) in [6.45, 7) is 0. The third-order valence-electron chi connectivity index (χ3n) is 2.90. The van der Waals surface area contributed by atoms with Gasteiger partial charge in [0.05, 0.1) is 0 Å². The maximum atomic E-state index is 6.00. The van der Waals surface area contributed by atoms with Gasteiger partial charge in [0.2, 0.25) is 0 Å². The van der Waals surface area contributed by atoms with Gasteiger partial charge >= 0.3 is 0 Å². The van der Waals surface area contributed by atoms with E-state index in [4.69, 9.17) is 11.6 Å². The van der Waals surface area contributed by atoms with Crippen molar-refractivity contribution >= 4 is 39.3 Å². The molecule has 2 nitrogen and oxygen atoms in total. The summed E-state index contributed by atoms with van der Waals surface area (Å²) in [5, 5.41) is 4.14. The Kier molecular flexibility index (Phi) is 6.36. The molecule has 0 amide bonds. The topological polar surface area (TPSA) is 24.9 Å². The van der Waals surface area contributed by atoms with Crippen LogP contribution in [-0.2, 0) is 6.42 Å². The fourth-order valence-corrected chi connectivity index (χ4v) is 3.58. The van der Waals surface area contributed by atoms with Crippen molar-refractivity contribution in [2.24, 2.45) is 0 Å². The summed E-state index contributed by atoms with van der Waals surface area (Å²) in [7, 11) is 1.99. The average Bonchev–Trinajstić information content (AvgIpc) is 2.43. The Morgan fingerprint density at radius 3 is 2.90 bits per heavy atom. The maximum absolute atomic E-state index is 6.00. The van der Waals surface area contributed by atoms with Crippen molar-refractivity contribution in [3.05, 3.63) is 57.8 Å². The third-order valence-corrected chi connectivity index (χ3v) is 4.72. The maximum Gasteiger partial charge on any atom is 0.0417 e. The molecule has 0 aliphatic rings. The monoisotopic (exact) mass is 370 g/mol. The smallest absolute Gasteiger partial charge is 0.0417 e. The molecule has 5 heteroatoms. The van der Waals surface area contributed by atoms with Crippen LogP contribution in [-0.4, -0.2) is 23.8 Å². The fraction of sp³-hybridized carbons (Fsp3) is 0.267. The largest absolute Gasteiger partial charge is 0.316 e. The third kappa shape index (κ3) is 5.09. The fourth-order valence-electron chi connectivity index (χ4n) is 1.85. The second-order valence-corrected chi connectivity index (χ2v) is 6.92. The van der Waals surface area contributed by atoms with E-state index >= 15 is 0 Å². The van der Waals surface area contributed by atoms with Gasteiger partial charge in [-0.15, -0.1) is 11.8 Å². The van der Waals surface area contributed by atoms with Gasteiger partial charge in [0, 0.05) is 38.6 Å². The van der Waals surface area contributed by atoms with Crippen LogP contribution in [0.2, 0.25) is 5.02 Å². The van der Waals surface area contributed by atoms with E-state index in [0.29, 0.717) is 6.04 Å². The first-order chi connectivity index (χ1) is 9.67. The van der Waals surface area contributed by atoms with Crippen molar-refractivity contribution in [3.8, 4) is 0 Å². The minimum absolute atomic E-state index is 0.398. The van der Waals surface area contributed by atoms with Crippen molar-refractivity contribution in [1.29, 1.82) is 0 Å². The highest BCUT2D eigenvalue weighted by Crippen LogP contribution is 2.23. The first kappa shape index (κ1) is 15.8. The SMILES string of the molecule is CNC(CSc1cccc(Cl)c1)Cc1cncc(Br)c1. The van der Waals surface area contributed by atoms with Crippen LogP contribution >= 0.6 is 39.3 Å². The number of rotatable bonds is 6. The molecule has 0 spiro atoms. The van der Waals surface area contributed by atoms with Crippen LogP contribution in [0.15, 0.2) is 52.1 Å². The van der Waals surface area contributed by atoms with E-state index in [9.17, 15) is 0 Å². The molecule has 0 aliphatic carbocycles. The molecule has 1 heterocycles. The Labute approximate surface area is 137 Å². The zero-order valence-electron chi connectivity index (χ0n) is 11.1. The second-order valence-electron chi connectivity index (χ2n) is 4.47. The van der Waals surface area contributed by atoms with E-state index in [2.05, 4.69) is 38.4 Å². The molecule has 1 unspecified atom stereocenters. The number of nitrogens with one attached hydrogen (secondary N) is 1. The van der Waals surface area contributed by atoms with Crippen LogP contribution < -0.4 is 5.32 Å². The molecule has 20 heavy (non-hydrogen) atoms. The molecule has 0 fully saturated rings. The number of halogens is 2. The van der Waals surface area contributed by atoms with Gasteiger partial charge in [-0.3, -0.25) is 4.98 Å². The van der Waals surface area contributed by atoms with Gasteiger partial charge in [0.1, 0.15) is 0 Å². The molecular formula is C15H16BrClN2S. The summed E-state index contributed by atoms with van der Waals surface area (Å²) in [6.07, 6.45) is 4.67. The molecule has 0 saturated carbocycles. The van der Waals surface area contributed by atoms with Crippen LogP contribution in [0.1, 0.15) is 5.56 Å². The highest BCUT2D eigenvalue weighted by Gasteiger charge is 2.09. The Bertz CT molecular complexity index is 565. The molecule has 0 aliphatic heterocycles. The Morgan fingerprint density at radius 1 is 1.35 bits per heavy atom. The minimum Gasteiger partial charge on any atom is -0.316 e. The van der Waals surface area contributed by atoms with Crippen molar-refractivity contribution in [2.75, 3.05) is 12.8 Å². The van der Waals surface area contributed by atoms with Gasteiger partial charge in [0.25, 0.3) is 0 Å². The van der Waals surface area contributed by atoms with Gasteiger partial charge in [-0.05, 0) is 59.2 Å². The highest BCUT2D eigenvalue weighted by atomic mass is 79.9. The summed E-state index contributed by atoms with van der Waals surface area (Å²) >= 11 is 11.3. The van der Waals surface area contributed by atoms with E-state index in [-0.39, 0.29) is 0 Å². The number of hydrogen-bond acceptors (Lipinski definition) is 3. The molecule has 2 aromatic rings. The zero-order chi connectivity index (χ0) is 14.4. The number of likely N-dealkylation sites (N-methyl/N-ethyl adjacent to an activating group) is 1. The number of thioether (sulfide) groups is 1. The van der Waals surface area contributed by atoms with Gasteiger partial charge in [-0.2, -0.15) is 0 Å². The van der Waals surface area contributed by atoms with E-state index in [1.54, 1.807) is 6.20 Å². The first-order valence-electron chi connectivity index (χ1n) is 6.32. The molecule has 106 valence electrons. The van der Waals surface area contributed by atoms with Gasteiger partial charge in [-0.1, -0.05) is 17.7 Å². The summed E-state index contributed by atoms with van der Waals surface area (Å²) in [5.41, 5.74) is 1.23. The molecule has 1 N–H and O–H groups in total. The van der Waals surface area contributed by atoms with Crippen molar-refractivity contribution in [1.82, 2.24) is 10.3 Å². The van der Waals surface area contributed by atoms with Crippen LogP contribution in [0, 0.1) is 0 Å². The van der Waals surface area contributed by atoms with Crippen molar-refractivity contribution in [2.45, 2.75) is 17.4 Å². The predicted molar refractivity (Wildman–Crippen MR) is 90.7 cm³/mol. The van der Waals surface area contributed by atoms with Gasteiger partial charge in [0.15, 0.2) is 0 Å². The van der Waals surface area contributed by atoms with E-state index in [1.165, 1.54) is 10.5 Å². The van der Waals surface area contributed by atoms with E-state index in [0.717, 1.165) is 21.7 Å². The van der Waals surface area contributed by atoms with Crippen LogP contribution in [0.4, 0.5) is 0 Å². The Hall–Kier alpha value is -0.550. The molecule has 2 rings (SSSR count). The average molecular weight is 372 g/mol. The molecule has 0 radical (unpaired) electrons. The molecule has 0 bridgehead atoms. The summed E-state index contributed by atoms with van der Waals surface area (Å²) in [4.78, 5) is 5.40. The van der Waals surface area contributed by atoms with Crippen LogP contribution in [0.5, 0.6) is 0 Å². The standard InChI is InChI=1S/C15H16BrClN2S/c1-18-14(6-11-5-12(16)9-19-8-11)10-20-15-4-2-3-13(17)7-15/h2-5,7-9,14,18H,6,10H2,1H3. The van der Waals surface area contributed by atoms with Crippen LogP contribution in [0.3, 0.4) is 0 Å². The number of aromatic nitrogens is 1. The lowest BCUT2D eigenvalue weighted by Gasteiger charge is -2.16. The zero-order valence-corrected chi connectivity index (χ0v) is 14.3. The molecule has 0 saturated heterocycles. The lowest BCUT2D eigenvalue weighted by atomic mass is 10.1. The minimum atomic E-state index is 0.398. The van der Waals surface area contributed by atoms with Gasteiger partial charge < -0.3 is 5.32 Å². The Balaban J connectivity index is 1.92. The predicted octanol–water partition coefficient (Wildman–Crippen LogP) is 4.42. The lowest BCUT2D eigenvalue weighted by Crippen LogP contribution is -2.30. The number of nitrogens with zero attached hydrogens (tertiary/aromatic N) is 1. The second kappa shape index (κ2) is 8.03. The first-order valence-corrected chi connectivity index (χ1v) is 8.48. The lowest BCUT2D eigenvalue weighted by molar-refractivity contribution is 0.616. The number of benzene rings is 1. The van der Waals surface area contributed by atoms with Gasteiger partial charge in [-0.25, -0.2) is 0 Å². The van der Waals surface area contributed by atoms with E-state index < -0.39 is 0 Å². The summed E-state index contributed by atoms with van der Waals surface area (Å²) < 4.78 is 1.02. The highest BCUT2D eigenvalue weighted by molar-refractivity contribution is 9.10. The van der Waals surface area contributed by atoms with Crippen molar-refractivity contribution in [3.63, 3.8) is 0 Å². The Morgan fingerprint density at radius 2 is 2.20 bits per heavy atom. The molecule has 1 atom stereocenters. The molecular weight excluding hydrogens is 356 g/mol. The van der Waals surface area contributed by atoms with Crippen molar-refractivity contribution < 1.29 is 0 Å². The van der Waals surface area contributed by atoms with E-state index in [1.807, 2.05) is 43.2 Å². The normalized spacial score (nSPS) is 12.3. The quantitative estimate of drug-likeness (QED) is 0.761.